The highest BCUT2D eigenvalue weighted by Gasteiger charge is 2.13. The Morgan fingerprint density at radius 3 is 2.62 bits per heavy atom. The first-order valence-electron chi connectivity index (χ1n) is 7.14. The van der Waals surface area contributed by atoms with Crippen molar-refractivity contribution in [1.82, 2.24) is 0 Å². The molecule has 0 saturated heterocycles. The molecule has 0 aliphatic rings. The molecule has 2 rings (SSSR count). The molecule has 0 unspecified atom stereocenters. The molecule has 0 spiro atoms. The summed E-state index contributed by atoms with van der Waals surface area (Å²) in [5.74, 6) is -1.00. The van der Waals surface area contributed by atoms with E-state index in [-0.39, 0.29) is 30.2 Å². The zero-order chi connectivity index (χ0) is 17.7. The Morgan fingerprint density at radius 1 is 1.25 bits per heavy atom. The summed E-state index contributed by atoms with van der Waals surface area (Å²) in [6.45, 7) is 1.93. The summed E-state index contributed by atoms with van der Waals surface area (Å²) in [6.07, 6.45) is 0.266. The molecule has 0 saturated carbocycles. The third-order valence-corrected chi connectivity index (χ3v) is 4.44. The van der Waals surface area contributed by atoms with Gasteiger partial charge in [0.15, 0.2) is 0 Å². The van der Waals surface area contributed by atoms with Crippen LogP contribution in [-0.2, 0) is 11.4 Å². The van der Waals surface area contributed by atoms with Gasteiger partial charge < -0.3 is 15.2 Å². The number of nitrogens with one attached hydrogen (secondary N) is 1. The number of hydrogen-bond donors (Lipinski definition) is 2. The van der Waals surface area contributed by atoms with E-state index >= 15 is 0 Å². The molecule has 2 aromatic carbocycles. The van der Waals surface area contributed by atoms with E-state index in [1.54, 1.807) is 19.1 Å². The fourth-order valence-corrected chi connectivity index (χ4v) is 2.38. The van der Waals surface area contributed by atoms with Gasteiger partial charge >= 0.3 is 5.97 Å². The summed E-state index contributed by atoms with van der Waals surface area (Å²) >= 11 is 9.34. The number of carboxylic acids is 1. The molecule has 5 nitrogen and oxygen atoms in total. The SMILES string of the molecule is CCC(=O)Nc1ccc(OCc2ccc(Br)c(Cl)c2)cc1C(=O)O. The van der Waals surface area contributed by atoms with Crippen molar-refractivity contribution >= 4 is 45.1 Å². The van der Waals surface area contributed by atoms with Crippen molar-refractivity contribution < 1.29 is 19.4 Å². The first kappa shape index (κ1) is 18.3. The number of rotatable bonds is 6. The van der Waals surface area contributed by atoms with Crippen LogP contribution in [0.15, 0.2) is 40.9 Å². The second-order valence-electron chi connectivity index (χ2n) is 4.95. The molecule has 126 valence electrons. The normalized spacial score (nSPS) is 10.3. The summed E-state index contributed by atoms with van der Waals surface area (Å²) < 4.78 is 6.40. The maximum atomic E-state index is 11.5. The van der Waals surface area contributed by atoms with Gasteiger partial charge in [-0.3, -0.25) is 4.79 Å². The summed E-state index contributed by atoms with van der Waals surface area (Å²) in [4.78, 5) is 22.8. The van der Waals surface area contributed by atoms with Gasteiger partial charge in [-0.1, -0.05) is 24.6 Å². The van der Waals surface area contributed by atoms with Crippen LogP contribution in [-0.4, -0.2) is 17.0 Å². The highest BCUT2D eigenvalue weighted by atomic mass is 79.9. The van der Waals surface area contributed by atoms with Gasteiger partial charge in [0.25, 0.3) is 0 Å². The number of carbonyl (C=O) groups excluding carboxylic acids is 1. The third-order valence-electron chi connectivity index (χ3n) is 3.21. The Labute approximate surface area is 152 Å². The monoisotopic (exact) mass is 411 g/mol. The second kappa shape index (κ2) is 8.17. The molecule has 2 aromatic rings. The van der Waals surface area contributed by atoms with E-state index in [0.717, 1.165) is 10.0 Å². The Balaban J connectivity index is 2.15. The molecule has 2 N–H and O–H groups in total. The predicted molar refractivity (Wildman–Crippen MR) is 95.8 cm³/mol. The molecule has 0 heterocycles. The Kier molecular flexibility index (Phi) is 6.23. The maximum absolute atomic E-state index is 11.5. The van der Waals surface area contributed by atoms with Crippen LogP contribution in [0.2, 0.25) is 5.02 Å². The molecule has 7 heteroatoms. The van der Waals surface area contributed by atoms with Crippen LogP contribution in [0.3, 0.4) is 0 Å². The van der Waals surface area contributed by atoms with Gasteiger partial charge in [0.2, 0.25) is 5.91 Å². The number of carbonyl (C=O) groups is 2. The molecule has 0 aliphatic heterocycles. The van der Waals surface area contributed by atoms with Gasteiger partial charge in [0.05, 0.1) is 16.3 Å². The van der Waals surface area contributed by atoms with Gasteiger partial charge in [-0.05, 0) is 51.8 Å². The molecule has 0 aliphatic carbocycles. The Hall–Kier alpha value is -2.05. The number of benzene rings is 2. The summed E-state index contributed by atoms with van der Waals surface area (Å²) in [5, 5.41) is 12.4. The average Bonchev–Trinajstić information content (AvgIpc) is 2.56. The summed E-state index contributed by atoms with van der Waals surface area (Å²) in [5.41, 5.74) is 1.07. The van der Waals surface area contributed by atoms with Crippen LogP contribution in [0, 0.1) is 0 Å². The fraction of sp³-hybridized carbons (Fsp3) is 0.176. The average molecular weight is 413 g/mol. The van der Waals surface area contributed by atoms with Crippen LogP contribution in [0.1, 0.15) is 29.3 Å². The number of ether oxygens (including phenoxy) is 1. The zero-order valence-corrected chi connectivity index (χ0v) is 15.1. The van der Waals surface area contributed by atoms with Crippen molar-refractivity contribution in [2.45, 2.75) is 20.0 Å². The minimum absolute atomic E-state index is 0.0249. The quantitative estimate of drug-likeness (QED) is 0.719. The molecule has 0 radical (unpaired) electrons. The summed E-state index contributed by atoms with van der Waals surface area (Å²) in [6, 6.07) is 9.93. The number of carboxylic acid groups (broad SMARTS) is 1. The van der Waals surface area contributed by atoms with Gasteiger partial charge in [-0.25, -0.2) is 4.79 Å². The molecule has 1 amide bonds. The molecule has 24 heavy (non-hydrogen) atoms. The molecular weight excluding hydrogens is 398 g/mol. The van der Waals surface area contributed by atoms with Crippen LogP contribution >= 0.6 is 27.5 Å². The lowest BCUT2D eigenvalue weighted by Crippen LogP contribution is -2.13. The standard InChI is InChI=1S/C17H15BrClNO4/c1-2-16(21)20-15-6-4-11(8-12(15)17(22)23)24-9-10-3-5-13(18)14(19)7-10/h3-8H,2,9H2,1H3,(H,20,21)(H,22,23). The van der Waals surface area contributed by atoms with Gasteiger partial charge in [0, 0.05) is 10.9 Å². The van der Waals surface area contributed by atoms with Crippen LogP contribution in [0.5, 0.6) is 5.75 Å². The molecule has 0 aromatic heterocycles. The van der Waals surface area contributed by atoms with E-state index in [1.165, 1.54) is 12.1 Å². The Bertz CT molecular complexity index is 779. The number of hydrogen-bond acceptors (Lipinski definition) is 3. The number of halogens is 2. The van der Waals surface area contributed by atoms with Gasteiger partial charge in [-0.2, -0.15) is 0 Å². The third kappa shape index (κ3) is 4.72. The number of anilines is 1. The first-order valence-corrected chi connectivity index (χ1v) is 8.31. The van der Waals surface area contributed by atoms with Crippen molar-refractivity contribution in [2.75, 3.05) is 5.32 Å². The van der Waals surface area contributed by atoms with E-state index in [4.69, 9.17) is 16.3 Å². The molecule has 0 fully saturated rings. The maximum Gasteiger partial charge on any atom is 0.337 e. The van der Waals surface area contributed by atoms with Crippen LogP contribution in [0.25, 0.3) is 0 Å². The van der Waals surface area contributed by atoms with Crippen molar-refractivity contribution in [3.8, 4) is 5.75 Å². The van der Waals surface area contributed by atoms with Crippen LogP contribution < -0.4 is 10.1 Å². The minimum Gasteiger partial charge on any atom is -0.489 e. The summed E-state index contributed by atoms with van der Waals surface area (Å²) in [7, 11) is 0. The van der Waals surface area contributed by atoms with Crippen molar-refractivity contribution in [3.05, 3.63) is 57.0 Å². The van der Waals surface area contributed by atoms with Crippen LogP contribution in [0.4, 0.5) is 5.69 Å². The van der Waals surface area contributed by atoms with Gasteiger partial charge in [-0.15, -0.1) is 0 Å². The second-order valence-corrected chi connectivity index (χ2v) is 6.21. The lowest BCUT2D eigenvalue weighted by molar-refractivity contribution is -0.115. The smallest absolute Gasteiger partial charge is 0.337 e. The van der Waals surface area contributed by atoms with E-state index < -0.39 is 5.97 Å². The fourth-order valence-electron chi connectivity index (χ4n) is 1.93. The van der Waals surface area contributed by atoms with Crippen molar-refractivity contribution in [1.29, 1.82) is 0 Å². The van der Waals surface area contributed by atoms with Gasteiger partial charge in [0.1, 0.15) is 12.4 Å². The first-order chi connectivity index (χ1) is 11.4. The van der Waals surface area contributed by atoms with Crippen molar-refractivity contribution in [2.24, 2.45) is 0 Å². The van der Waals surface area contributed by atoms with E-state index in [2.05, 4.69) is 21.2 Å². The van der Waals surface area contributed by atoms with E-state index in [0.29, 0.717) is 10.8 Å². The minimum atomic E-state index is -1.14. The van der Waals surface area contributed by atoms with Crippen molar-refractivity contribution in [3.63, 3.8) is 0 Å². The molecule has 0 atom stereocenters. The van der Waals surface area contributed by atoms with E-state index in [9.17, 15) is 14.7 Å². The number of aromatic carboxylic acids is 1. The predicted octanol–water partition coefficient (Wildman–Crippen LogP) is 4.73. The highest BCUT2D eigenvalue weighted by Crippen LogP contribution is 2.26. The Morgan fingerprint density at radius 2 is 2.00 bits per heavy atom. The lowest BCUT2D eigenvalue weighted by atomic mass is 10.1. The lowest BCUT2D eigenvalue weighted by Gasteiger charge is -2.11. The topological polar surface area (TPSA) is 75.6 Å². The van der Waals surface area contributed by atoms with E-state index in [1.807, 2.05) is 12.1 Å². The zero-order valence-electron chi connectivity index (χ0n) is 12.8. The highest BCUT2D eigenvalue weighted by molar-refractivity contribution is 9.10. The number of amides is 1. The largest absolute Gasteiger partial charge is 0.489 e. The molecule has 0 bridgehead atoms. The molecular formula is C17H15BrClNO4.